The molecule has 0 atom stereocenters. The van der Waals surface area contributed by atoms with Crippen LogP contribution in [0.5, 0.6) is 0 Å². The molecule has 0 saturated heterocycles. The highest BCUT2D eigenvalue weighted by Gasteiger charge is 2.29. The first kappa shape index (κ1) is 19.9. The quantitative estimate of drug-likeness (QED) is 0.701. The Morgan fingerprint density at radius 2 is 0.650 bits per heavy atom. The molecule has 3 heteroatoms. The Morgan fingerprint density at radius 1 is 0.450 bits per heavy atom. The number of nitrogens with one attached hydrogen (secondary N) is 3. The van der Waals surface area contributed by atoms with Crippen molar-refractivity contribution in [2.75, 3.05) is 19.6 Å². The van der Waals surface area contributed by atoms with Crippen LogP contribution in [0.4, 0.5) is 0 Å². The first-order valence-electron chi connectivity index (χ1n) is 7.87. The molecule has 0 aromatic heterocycles. The monoisotopic (exact) mass is 285 g/mol. The number of hydrogen-bond donors (Lipinski definition) is 3. The lowest BCUT2D eigenvalue weighted by Crippen LogP contribution is -2.55. The van der Waals surface area contributed by atoms with Gasteiger partial charge in [0.15, 0.2) is 0 Å². The molecule has 0 unspecified atom stereocenters. The van der Waals surface area contributed by atoms with E-state index in [1.165, 1.54) is 0 Å². The summed E-state index contributed by atoms with van der Waals surface area (Å²) in [4.78, 5) is 0. The smallest absolute Gasteiger partial charge is 0.00967 e. The maximum atomic E-state index is 3.65. The van der Waals surface area contributed by atoms with E-state index in [1.54, 1.807) is 0 Å². The van der Waals surface area contributed by atoms with Gasteiger partial charge in [-0.1, -0.05) is 6.92 Å². The molecule has 0 amide bonds. The summed E-state index contributed by atoms with van der Waals surface area (Å²) in [5.41, 5.74) is 0.661. The van der Waals surface area contributed by atoms with Gasteiger partial charge in [-0.15, -0.1) is 0 Å². The Hall–Kier alpha value is -0.120. The van der Waals surface area contributed by atoms with Crippen LogP contribution in [-0.4, -0.2) is 36.3 Å². The van der Waals surface area contributed by atoms with Crippen molar-refractivity contribution in [1.29, 1.82) is 0 Å². The molecular formula is C17H39N3. The fraction of sp³-hybridized carbons (Fsp3) is 1.00. The molecule has 0 aliphatic carbocycles. The van der Waals surface area contributed by atoms with Crippen LogP contribution in [0.1, 0.15) is 69.2 Å². The molecule has 0 rings (SSSR count). The molecule has 0 aliphatic heterocycles. The summed E-state index contributed by atoms with van der Waals surface area (Å²) in [7, 11) is 0. The van der Waals surface area contributed by atoms with Gasteiger partial charge in [-0.25, -0.2) is 0 Å². The van der Waals surface area contributed by atoms with E-state index in [-0.39, 0.29) is 22.0 Å². The van der Waals surface area contributed by atoms with Gasteiger partial charge >= 0.3 is 0 Å². The molecule has 0 aromatic carbocycles. The lowest BCUT2D eigenvalue weighted by molar-refractivity contribution is 0.208. The lowest BCUT2D eigenvalue weighted by atomic mass is 9.87. The van der Waals surface area contributed by atoms with Gasteiger partial charge in [-0.2, -0.15) is 0 Å². The van der Waals surface area contributed by atoms with E-state index in [0.717, 1.165) is 19.6 Å². The zero-order valence-electron chi connectivity index (χ0n) is 15.6. The van der Waals surface area contributed by atoms with Crippen LogP contribution in [0.15, 0.2) is 0 Å². The Kier molecular flexibility index (Phi) is 6.72. The molecule has 0 fully saturated rings. The van der Waals surface area contributed by atoms with Crippen LogP contribution in [0.3, 0.4) is 0 Å². The molecular weight excluding hydrogens is 246 g/mol. The minimum atomic E-state index is 0.157. The van der Waals surface area contributed by atoms with E-state index in [2.05, 4.69) is 85.2 Å². The predicted molar refractivity (Wildman–Crippen MR) is 91.4 cm³/mol. The van der Waals surface area contributed by atoms with Crippen molar-refractivity contribution in [2.45, 2.75) is 85.9 Å². The average Bonchev–Trinajstić information content (AvgIpc) is 2.18. The first-order valence-corrected chi connectivity index (χ1v) is 7.87. The summed E-state index contributed by atoms with van der Waals surface area (Å²) >= 11 is 0. The molecule has 0 aliphatic rings. The van der Waals surface area contributed by atoms with Gasteiger partial charge in [0.1, 0.15) is 0 Å². The summed E-state index contributed by atoms with van der Waals surface area (Å²) in [5.74, 6) is 0. The number of rotatable bonds is 6. The maximum Gasteiger partial charge on any atom is 0.00967 e. The van der Waals surface area contributed by atoms with Crippen LogP contribution < -0.4 is 16.0 Å². The van der Waals surface area contributed by atoms with E-state index in [1.807, 2.05) is 0 Å². The van der Waals surface area contributed by atoms with Crippen molar-refractivity contribution in [2.24, 2.45) is 5.41 Å². The van der Waals surface area contributed by atoms with Crippen LogP contribution in [0, 0.1) is 5.41 Å². The average molecular weight is 286 g/mol. The predicted octanol–water partition coefficient (Wildman–Crippen LogP) is 3.16. The molecule has 0 heterocycles. The Bertz CT molecular complexity index is 231. The summed E-state index contributed by atoms with van der Waals surface area (Å²) in [6.07, 6.45) is 0. The van der Waals surface area contributed by atoms with E-state index in [9.17, 15) is 0 Å². The van der Waals surface area contributed by atoms with E-state index < -0.39 is 0 Å². The van der Waals surface area contributed by atoms with Gasteiger partial charge in [-0.05, 0) is 62.3 Å². The summed E-state index contributed by atoms with van der Waals surface area (Å²) in [6, 6.07) is 0. The fourth-order valence-corrected chi connectivity index (χ4v) is 1.62. The molecule has 3 nitrogen and oxygen atoms in total. The van der Waals surface area contributed by atoms with Gasteiger partial charge in [0.25, 0.3) is 0 Å². The molecule has 0 saturated carbocycles. The zero-order valence-corrected chi connectivity index (χ0v) is 15.6. The van der Waals surface area contributed by atoms with Crippen molar-refractivity contribution in [3.63, 3.8) is 0 Å². The fourth-order valence-electron chi connectivity index (χ4n) is 1.62. The van der Waals surface area contributed by atoms with E-state index in [0.29, 0.717) is 0 Å². The van der Waals surface area contributed by atoms with Crippen molar-refractivity contribution in [3.8, 4) is 0 Å². The summed E-state index contributed by atoms with van der Waals surface area (Å²) in [5, 5.41) is 11.0. The molecule has 0 bridgehead atoms. The van der Waals surface area contributed by atoms with E-state index >= 15 is 0 Å². The van der Waals surface area contributed by atoms with Crippen LogP contribution >= 0.6 is 0 Å². The highest BCUT2D eigenvalue weighted by molar-refractivity contribution is 4.89. The standard InChI is InChI=1S/C17H39N3/c1-14(2,3)18-11-17(10,12-19-15(4,5)6)13-20-16(7,8)9/h18-20H,11-13H2,1-10H3. The van der Waals surface area contributed by atoms with Crippen molar-refractivity contribution in [1.82, 2.24) is 16.0 Å². The maximum absolute atomic E-state index is 3.65. The van der Waals surface area contributed by atoms with E-state index in [4.69, 9.17) is 0 Å². The second-order valence-electron chi connectivity index (χ2n) is 9.62. The lowest BCUT2D eigenvalue weighted by Gasteiger charge is -2.38. The third-order valence-corrected chi connectivity index (χ3v) is 3.14. The summed E-state index contributed by atoms with van der Waals surface area (Å²) in [6.45, 7) is 25.4. The SMILES string of the molecule is CC(CNC(C)(C)C)(CNC(C)(C)C)CNC(C)(C)C. The normalized spacial score (nSPS) is 14.7. The Morgan fingerprint density at radius 3 is 0.800 bits per heavy atom. The van der Waals surface area contributed by atoms with Gasteiger partial charge in [0, 0.05) is 41.7 Å². The van der Waals surface area contributed by atoms with Gasteiger partial charge in [0.05, 0.1) is 0 Å². The molecule has 122 valence electrons. The summed E-state index contributed by atoms with van der Waals surface area (Å²) < 4.78 is 0. The van der Waals surface area contributed by atoms with Gasteiger partial charge in [-0.3, -0.25) is 0 Å². The second-order valence-corrected chi connectivity index (χ2v) is 9.62. The number of hydrogen-bond acceptors (Lipinski definition) is 3. The molecule has 0 spiro atoms. The molecule has 20 heavy (non-hydrogen) atoms. The van der Waals surface area contributed by atoms with Gasteiger partial charge in [0.2, 0.25) is 0 Å². The zero-order chi connectivity index (χ0) is 16.2. The first-order chi connectivity index (χ1) is 8.62. The molecule has 0 aromatic rings. The van der Waals surface area contributed by atoms with Crippen LogP contribution in [0.25, 0.3) is 0 Å². The third kappa shape index (κ3) is 11.7. The van der Waals surface area contributed by atoms with Crippen LogP contribution in [-0.2, 0) is 0 Å². The van der Waals surface area contributed by atoms with Crippen LogP contribution in [0.2, 0.25) is 0 Å². The topological polar surface area (TPSA) is 36.1 Å². The molecule has 0 radical (unpaired) electrons. The largest absolute Gasteiger partial charge is 0.311 e. The van der Waals surface area contributed by atoms with Crippen molar-refractivity contribution >= 4 is 0 Å². The van der Waals surface area contributed by atoms with Crippen molar-refractivity contribution < 1.29 is 0 Å². The minimum Gasteiger partial charge on any atom is -0.311 e. The Labute approximate surface area is 127 Å². The second kappa shape index (κ2) is 6.76. The highest BCUT2D eigenvalue weighted by atomic mass is 15.0. The van der Waals surface area contributed by atoms with Crippen molar-refractivity contribution in [3.05, 3.63) is 0 Å². The third-order valence-electron chi connectivity index (χ3n) is 3.14. The Balaban J connectivity index is 4.66. The molecule has 3 N–H and O–H groups in total. The highest BCUT2D eigenvalue weighted by Crippen LogP contribution is 2.18. The van der Waals surface area contributed by atoms with Gasteiger partial charge < -0.3 is 16.0 Å². The minimum absolute atomic E-state index is 0.157.